The third kappa shape index (κ3) is 2.20. The first-order chi connectivity index (χ1) is 6.56. The Kier molecular flexibility index (Phi) is 3.40. The Morgan fingerprint density at radius 3 is 2.79 bits per heavy atom. The molecule has 3 N–H and O–H groups in total. The van der Waals surface area contributed by atoms with Gasteiger partial charge in [-0.3, -0.25) is 10.1 Å². The number of hydrogen-bond donors (Lipinski definition) is 2. The Morgan fingerprint density at radius 2 is 2.29 bits per heavy atom. The van der Waals surface area contributed by atoms with Gasteiger partial charge in [-0.1, -0.05) is 11.6 Å². The average Bonchev–Trinajstić information content (AvgIpc) is 2.17. The fourth-order valence-electron chi connectivity index (χ4n) is 1.03. The number of halogens is 1. The summed E-state index contributed by atoms with van der Waals surface area (Å²) in [6.45, 7) is -0.0269. The molecule has 1 aromatic rings. The molecule has 0 bridgehead atoms. The molecule has 6 heteroatoms. The van der Waals surface area contributed by atoms with E-state index >= 15 is 0 Å². The molecule has 0 spiro atoms. The smallest absolute Gasteiger partial charge is 0.269 e. The zero-order valence-corrected chi connectivity index (χ0v) is 7.94. The molecule has 0 aliphatic carbocycles. The van der Waals surface area contributed by atoms with Gasteiger partial charge >= 0.3 is 0 Å². The summed E-state index contributed by atoms with van der Waals surface area (Å²) in [6.07, 6.45) is -0.970. The van der Waals surface area contributed by atoms with Crippen LogP contribution in [0.3, 0.4) is 0 Å². The highest BCUT2D eigenvalue weighted by Crippen LogP contribution is 2.26. The van der Waals surface area contributed by atoms with Crippen LogP contribution in [-0.2, 0) is 0 Å². The molecule has 0 saturated carbocycles. The minimum atomic E-state index is -0.970. The summed E-state index contributed by atoms with van der Waals surface area (Å²) in [5, 5.41) is 20.1. The molecule has 0 heterocycles. The van der Waals surface area contributed by atoms with E-state index in [4.69, 9.17) is 17.3 Å². The Labute approximate surface area is 85.3 Å². The minimum absolute atomic E-state index is 0.0269. The van der Waals surface area contributed by atoms with E-state index in [9.17, 15) is 15.2 Å². The molecule has 1 atom stereocenters. The Hall–Kier alpha value is -1.17. The van der Waals surface area contributed by atoms with Gasteiger partial charge in [0.15, 0.2) is 0 Å². The second kappa shape index (κ2) is 4.36. The number of non-ortho nitro benzene ring substituents is 1. The molecule has 5 nitrogen and oxygen atoms in total. The predicted molar refractivity (Wildman–Crippen MR) is 52.1 cm³/mol. The lowest BCUT2D eigenvalue weighted by Crippen LogP contribution is -2.12. The van der Waals surface area contributed by atoms with E-state index in [0.29, 0.717) is 0 Å². The van der Waals surface area contributed by atoms with E-state index in [-0.39, 0.29) is 22.8 Å². The van der Waals surface area contributed by atoms with E-state index in [1.807, 2.05) is 0 Å². The first-order valence-electron chi connectivity index (χ1n) is 3.88. The van der Waals surface area contributed by atoms with Crippen molar-refractivity contribution in [2.75, 3.05) is 6.54 Å². The largest absolute Gasteiger partial charge is 0.387 e. The van der Waals surface area contributed by atoms with Gasteiger partial charge in [0.2, 0.25) is 0 Å². The molecule has 0 aliphatic rings. The van der Waals surface area contributed by atoms with Crippen LogP contribution < -0.4 is 5.73 Å². The van der Waals surface area contributed by atoms with Crippen LogP contribution in [-0.4, -0.2) is 16.6 Å². The quantitative estimate of drug-likeness (QED) is 0.588. The molecule has 0 aliphatic heterocycles. The summed E-state index contributed by atoms with van der Waals surface area (Å²) < 4.78 is 0. The summed E-state index contributed by atoms with van der Waals surface area (Å²) in [5.41, 5.74) is 5.39. The van der Waals surface area contributed by atoms with Gasteiger partial charge < -0.3 is 10.8 Å². The van der Waals surface area contributed by atoms with Gasteiger partial charge in [0.1, 0.15) is 0 Å². The lowest BCUT2D eigenvalue weighted by atomic mass is 10.1. The summed E-state index contributed by atoms with van der Waals surface area (Å²) >= 11 is 5.74. The first kappa shape index (κ1) is 10.9. The van der Waals surface area contributed by atoms with Gasteiger partial charge in [-0.15, -0.1) is 0 Å². The lowest BCUT2D eigenvalue weighted by molar-refractivity contribution is -0.385. The van der Waals surface area contributed by atoms with Crippen LogP contribution in [0.5, 0.6) is 0 Å². The van der Waals surface area contributed by atoms with Crippen molar-refractivity contribution in [2.24, 2.45) is 5.73 Å². The molecule has 14 heavy (non-hydrogen) atoms. The van der Waals surface area contributed by atoms with Crippen molar-refractivity contribution < 1.29 is 10.0 Å². The maximum Gasteiger partial charge on any atom is 0.269 e. The second-order valence-corrected chi connectivity index (χ2v) is 3.12. The SMILES string of the molecule is NC[C@@H](O)c1cc([N+](=O)[O-])ccc1Cl. The standard InChI is InChI=1S/C8H9ClN2O3/c9-7-2-1-5(11(13)14)3-6(7)8(12)4-10/h1-3,8,12H,4,10H2/t8-/m1/s1. The maximum atomic E-state index is 10.4. The van der Waals surface area contributed by atoms with Crippen LogP contribution in [0, 0.1) is 10.1 Å². The highest BCUT2D eigenvalue weighted by molar-refractivity contribution is 6.31. The van der Waals surface area contributed by atoms with Crippen LogP contribution in [0.15, 0.2) is 18.2 Å². The average molecular weight is 217 g/mol. The van der Waals surface area contributed by atoms with Gasteiger partial charge in [-0.25, -0.2) is 0 Å². The molecule has 0 saturated heterocycles. The zero-order chi connectivity index (χ0) is 10.7. The third-order valence-electron chi connectivity index (χ3n) is 1.77. The Morgan fingerprint density at radius 1 is 1.64 bits per heavy atom. The fourth-order valence-corrected chi connectivity index (χ4v) is 1.27. The summed E-state index contributed by atoms with van der Waals surface area (Å²) in [7, 11) is 0. The summed E-state index contributed by atoms with van der Waals surface area (Å²) in [5.74, 6) is 0. The summed E-state index contributed by atoms with van der Waals surface area (Å²) in [6, 6.07) is 3.86. The van der Waals surface area contributed by atoms with Gasteiger partial charge in [0, 0.05) is 29.3 Å². The molecule has 0 aromatic heterocycles. The maximum absolute atomic E-state index is 10.4. The summed E-state index contributed by atoms with van der Waals surface area (Å²) in [4.78, 5) is 9.87. The third-order valence-corrected chi connectivity index (χ3v) is 2.12. The van der Waals surface area contributed by atoms with Crippen LogP contribution in [0.1, 0.15) is 11.7 Å². The number of benzene rings is 1. The van der Waals surface area contributed by atoms with Crippen molar-refractivity contribution in [3.8, 4) is 0 Å². The van der Waals surface area contributed by atoms with Crippen molar-refractivity contribution in [3.63, 3.8) is 0 Å². The number of hydrogen-bond acceptors (Lipinski definition) is 4. The lowest BCUT2D eigenvalue weighted by Gasteiger charge is -2.09. The Bertz CT molecular complexity index is 356. The molecule has 0 radical (unpaired) electrons. The van der Waals surface area contributed by atoms with Gasteiger partial charge in [-0.05, 0) is 6.07 Å². The number of aliphatic hydroxyl groups excluding tert-OH is 1. The molecule has 0 fully saturated rings. The van der Waals surface area contributed by atoms with E-state index in [0.717, 1.165) is 0 Å². The van der Waals surface area contributed by atoms with E-state index in [1.165, 1.54) is 18.2 Å². The van der Waals surface area contributed by atoms with Crippen molar-refractivity contribution in [2.45, 2.75) is 6.10 Å². The van der Waals surface area contributed by atoms with Gasteiger partial charge in [0.05, 0.1) is 11.0 Å². The number of aliphatic hydroxyl groups is 1. The van der Waals surface area contributed by atoms with E-state index in [1.54, 1.807) is 0 Å². The second-order valence-electron chi connectivity index (χ2n) is 2.71. The van der Waals surface area contributed by atoms with Crippen molar-refractivity contribution in [1.29, 1.82) is 0 Å². The van der Waals surface area contributed by atoms with Crippen LogP contribution in [0.25, 0.3) is 0 Å². The predicted octanol–water partition coefficient (Wildman–Crippen LogP) is 1.24. The number of rotatable bonds is 3. The zero-order valence-electron chi connectivity index (χ0n) is 7.18. The Balaban J connectivity index is 3.14. The number of nitro benzene ring substituents is 1. The number of nitrogens with two attached hydrogens (primary N) is 1. The first-order valence-corrected chi connectivity index (χ1v) is 4.26. The van der Waals surface area contributed by atoms with Gasteiger partial charge in [-0.2, -0.15) is 0 Å². The van der Waals surface area contributed by atoms with Gasteiger partial charge in [0.25, 0.3) is 5.69 Å². The minimum Gasteiger partial charge on any atom is -0.387 e. The van der Waals surface area contributed by atoms with E-state index in [2.05, 4.69) is 0 Å². The van der Waals surface area contributed by atoms with Crippen LogP contribution in [0.2, 0.25) is 5.02 Å². The normalized spacial score (nSPS) is 12.5. The van der Waals surface area contributed by atoms with Crippen molar-refractivity contribution in [1.82, 2.24) is 0 Å². The van der Waals surface area contributed by atoms with Crippen LogP contribution in [0.4, 0.5) is 5.69 Å². The number of nitrogens with zero attached hydrogens (tertiary/aromatic N) is 1. The monoisotopic (exact) mass is 216 g/mol. The molecular formula is C8H9ClN2O3. The molecule has 1 aromatic carbocycles. The molecule has 0 unspecified atom stereocenters. The molecule has 1 rings (SSSR count). The topological polar surface area (TPSA) is 89.4 Å². The number of nitro groups is 1. The van der Waals surface area contributed by atoms with Crippen molar-refractivity contribution in [3.05, 3.63) is 38.9 Å². The molecule has 0 amide bonds. The van der Waals surface area contributed by atoms with Crippen LogP contribution >= 0.6 is 11.6 Å². The molecular weight excluding hydrogens is 208 g/mol. The van der Waals surface area contributed by atoms with Crippen molar-refractivity contribution >= 4 is 17.3 Å². The van der Waals surface area contributed by atoms with E-state index < -0.39 is 11.0 Å². The highest BCUT2D eigenvalue weighted by atomic mass is 35.5. The fraction of sp³-hybridized carbons (Fsp3) is 0.250. The molecule has 76 valence electrons. The highest BCUT2D eigenvalue weighted by Gasteiger charge is 2.14.